The number of ether oxygens (including phenoxy) is 1. The summed E-state index contributed by atoms with van der Waals surface area (Å²) < 4.78 is 5.52. The van der Waals surface area contributed by atoms with Gasteiger partial charge in [-0.1, -0.05) is 49.9 Å². The van der Waals surface area contributed by atoms with Crippen molar-refractivity contribution in [2.24, 2.45) is 10.9 Å². The van der Waals surface area contributed by atoms with E-state index in [4.69, 9.17) is 10.6 Å². The van der Waals surface area contributed by atoms with Gasteiger partial charge in [0.2, 0.25) is 0 Å². The molecule has 2 rings (SSSR count). The van der Waals surface area contributed by atoms with E-state index in [1.165, 1.54) is 11.8 Å². The minimum atomic E-state index is -0.0876. The van der Waals surface area contributed by atoms with Crippen LogP contribution in [0.5, 0.6) is 5.75 Å². The molecular weight excluding hydrogens is 422 g/mol. The lowest BCUT2D eigenvalue weighted by molar-refractivity contribution is -0.109. The summed E-state index contributed by atoms with van der Waals surface area (Å²) >= 11 is 1.26. The highest BCUT2D eigenvalue weighted by Crippen LogP contribution is 2.30. The van der Waals surface area contributed by atoms with Crippen LogP contribution in [0.3, 0.4) is 0 Å². The van der Waals surface area contributed by atoms with Gasteiger partial charge in [-0.25, -0.2) is 0 Å². The first-order valence-corrected chi connectivity index (χ1v) is 11.4. The third kappa shape index (κ3) is 6.23. The fourth-order valence-corrected chi connectivity index (χ4v) is 4.16. The zero-order valence-corrected chi connectivity index (χ0v) is 20.0. The highest BCUT2D eigenvalue weighted by molar-refractivity contribution is 8.17. The number of rotatable bonds is 10. The molecule has 2 aromatic rings. The molecule has 2 aromatic carbocycles. The molecule has 32 heavy (non-hydrogen) atoms. The van der Waals surface area contributed by atoms with Crippen molar-refractivity contribution < 1.29 is 14.3 Å². The molecule has 0 aromatic heterocycles. The van der Waals surface area contributed by atoms with Crippen LogP contribution in [0.4, 0.5) is 0 Å². The molecule has 0 aliphatic heterocycles. The number of hydrogen-bond acceptors (Lipinski definition) is 6. The van der Waals surface area contributed by atoms with E-state index in [0.717, 1.165) is 41.4 Å². The first-order chi connectivity index (χ1) is 15.3. The van der Waals surface area contributed by atoms with Gasteiger partial charge in [0, 0.05) is 17.7 Å². The second kappa shape index (κ2) is 12.1. The van der Waals surface area contributed by atoms with E-state index in [-0.39, 0.29) is 12.5 Å². The van der Waals surface area contributed by atoms with Gasteiger partial charge in [-0.3, -0.25) is 9.59 Å². The Hall–Kier alpha value is -3.06. The number of aldehydes is 1. The molecular formula is C25H31N3O3S. The second-order valence-electron chi connectivity index (χ2n) is 7.47. The minimum absolute atomic E-state index is 0.00216. The van der Waals surface area contributed by atoms with Gasteiger partial charge in [-0.15, -0.1) is 0 Å². The topological polar surface area (TPSA) is 85.0 Å². The number of hydrazone groups is 1. The molecule has 0 aliphatic rings. The van der Waals surface area contributed by atoms with Crippen LogP contribution in [-0.4, -0.2) is 35.3 Å². The van der Waals surface area contributed by atoms with Crippen LogP contribution >= 0.6 is 11.8 Å². The predicted molar refractivity (Wildman–Crippen MR) is 132 cm³/mol. The van der Waals surface area contributed by atoms with Crippen LogP contribution < -0.4 is 10.6 Å². The zero-order valence-electron chi connectivity index (χ0n) is 19.2. The Balaban J connectivity index is 2.30. The zero-order chi connectivity index (χ0) is 23.7. The summed E-state index contributed by atoms with van der Waals surface area (Å²) in [4.78, 5) is 25.7. The largest absolute Gasteiger partial charge is 0.486 e. The van der Waals surface area contributed by atoms with Crippen LogP contribution in [-0.2, 0) is 4.79 Å². The molecule has 0 bridgehead atoms. The van der Waals surface area contributed by atoms with Crippen molar-refractivity contribution in [1.29, 1.82) is 0 Å². The van der Waals surface area contributed by atoms with Crippen LogP contribution in [0.1, 0.15) is 52.4 Å². The lowest BCUT2D eigenvalue weighted by Crippen LogP contribution is -2.31. The van der Waals surface area contributed by atoms with E-state index in [9.17, 15) is 9.59 Å². The van der Waals surface area contributed by atoms with Crippen molar-refractivity contribution in [3.8, 4) is 5.75 Å². The van der Waals surface area contributed by atoms with Gasteiger partial charge in [0.25, 0.3) is 5.91 Å². The molecule has 6 nitrogen and oxygen atoms in total. The van der Waals surface area contributed by atoms with Gasteiger partial charge in [0.05, 0.1) is 5.03 Å². The molecule has 0 saturated carbocycles. The average molecular weight is 454 g/mol. The predicted octanol–water partition coefficient (Wildman–Crippen LogP) is 4.96. The van der Waals surface area contributed by atoms with Gasteiger partial charge in [0.1, 0.15) is 17.4 Å². The number of nitrogens with two attached hydrogens (primary N) is 1. The molecule has 170 valence electrons. The normalized spacial score (nSPS) is 11.2. The Kier molecular flexibility index (Phi) is 9.53. The number of nitrogens with zero attached hydrogens (tertiary/aromatic N) is 2. The molecule has 7 heteroatoms. The van der Waals surface area contributed by atoms with Crippen molar-refractivity contribution in [2.45, 2.75) is 40.5 Å². The highest BCUT2D eigenvalue weighted by Gasteiger charge is 2.22. The number of aryl methyl sites for hydroxylation is 3. The lowest BCUT2D eigenvalue weighted by atomic mass is 10.1. The first-order valence-electron chi connectivity index (χ1n) is 10.5. The number of carbonyl (C=O) groups excluding carboxylic acids is 2. The highest BCUT2D eigenvalue weighted by atomic mass is 32.2. The molecule has 0 spiro atoms. The van der Waals surface area contributed by atoms with Crippen molar-refractivity contribution in [2.75, 3.05) is 13.2 Å². The number of amides is 1. The van der Waals surface area contributed by atoms with Gasteiger partial charge in [0.15, 0.2) is 6.29 Å². The van der Waals surface area contributed by atoms with Crippen molar-refractivity contribution in [3.05, 3.63) is 75.8 Å². The Morgan fingerprint density at radius 1 is 1.19 bits per heavy atom. The number of carbonyl (C=O) groups is 2. The number of benzene rings is 2. The number of hydrogen-bond donors (Lipinski definition) is 1. The Labute approximate surface area is 194 Å². The SMILES string of the molecule is C=C(S/C(=N\N)c1cc(C)c(OCC=O)c(C)c1)N(CCCC)C(=O)c1ccccc1C. The summed E-state index contributed by atoms with van der Waals surface area (Å²) in [5.74, 6) is 6.31. The van der Waals surface area contributed by atoms with Crippen molar-refractivity contribution in [1.82, 2.24) is 4.90 Å². The second-order valence-corrected chi connectivity index (χ2v) is 8.53. The van der Waals surface area contributed by atoms with Gasteiger partial charge >= 0.3 is 0 Å². The van der Waals surface area contributed by atoms with E-state index in [1.807, 2.05) is 57.2 Å². The minimum Gasteiger partial charge on any atom is -0.486 e. The van der Waals surface area contributed by atoms with E-state index in [0.29, 0.717) is 27.9 Å². The van der Waals surface area contributed by atoms with E-state index < -0.39 is 0 Å². The summed E-state index contributed by atoms with van der Waals surface area (Å²) in [7, 11) is 0. The van der Waals surface area contributed by atoms with Gasteiger partial charge < -0.3 is 15.5 Å². The molecule has 1 amide bonds. The van der Waals surface area contributed by atoms with Crippen LogP contribution in [0, 0.1) is 20.8 Å². The number of unbranched alkanes of at least 4 members (excludes halogenated alkanes) is 1. The van der Waals surface area contributed by atoms with Gasteiger partial charge in [-0.05, 0) is 62.1 Å². The summed E-state index contributed by atoms with van der Waals surface area (Å²) in [5, 5.41) is 5.07. The molecule has 2 N–H and O–H groups in total. The van der Waals surface area contributed by atoms with E-state index in [2.05, 4.69) is 18.6 Å². The maximum atomic E-state index is 13.3. The molecule has 0 atom stereocenters. The third-order valence-electron chi connectivity index (χ3n) is 4.99. The molecule has 0 radical (unpaired) electrons. The summed E-state index contributed by atoms with van der Waals surface area (Å²) in [6.07, 6.45) is 2.52. The number of thioether (sulfide) groups is 1. The Morgan fingerprint density at radius 2 is 1.84 bits per heavy atom. The fraction of sp³-hybridized carbons (Fsp3) is 0.320. The van der Waals surface area contributed by atoms with Gasteiger partial charge in [-0.2, -0.15) is 5.10 Å². The quantitative estimate of drug-likeness (QED) is 0.181. The first kappa shape index (κ1) is 25.2. The molecule has 0 aliphatic carbocycles. The standard InChI is InChI=1S/C25H31N3O3S/c1-6-7-12-28(25(30)22-11-9-8-10-17(22)2)20(5)32-24(27-26)21-15-18(3)23(19(4)16-21)31-14-13-29/h8-11,13,15-16H,5-7,12,14,26H2,1-4H3/b27-24-. The molecule has 0 saturated heterocycles. The maximum absolute atomic E-state index is 13.3. The van der Waals surface area contributed by atoms with Crippen LogP contribution in [0.2, 0.25) is 0 Å². The molecule has 0 unspecified atom stereocenters. The average Bonchev–Trinajstić information content (AvgIpc) is 2.77. The maximum Gasteiger partial charge on any atom is 0.258 e. The van der Waals surface area contributed by atoms with E-state index in [1.54, 1.807) is 4.90 Å². The lowest BCUT2D eigenvalue weighted by Gasteiger charge is -2.25. The Bertz CT molecular complexity index is 994. The smallest absolute Gasteiger partial charge is 0.258 e. The monoisotopic (exact) mass is 453 g/mol. The van der Waals surface area contributed by atoms with Crippen molar-refractivity contribution >= 4 is 29.0 Å². The van der Waals surface area contributed by atoms with Crippen LogP contribution in [0.25, 0.3) is 0 Å². The summed E-state index contributed by atoms with van der Waals surface area (Å²) in [6.45, 7) is 12.5. The molecule has 0 heterocycles. The van der Waals surface area contributed by atoms with E-state index >= 15 is 0 Å². The summed E-state index contributed by atoms with van der Waals surface area (Å²) in [5.41, 5.74) is 4.11. The van der Waals surface area contributed by atoms with Crippen molar-refractivity contribution in [3.63, 3.8) is 0 Å². The summed E-state index contributed by atoms with van der Waals surface area (Å²) in [6, 6.07) is 11.3. The Morgan fingerprint density at radius 3 is 2.41 bits per heavy atom. The van der Waals surface area contributed by atoms with Crippen LogP contribution in [0.15, 0.2) is 53.1 Å². The fourth-order valence-electron chi connectivity index (χ4n) is 3.36. The third-order valence-corrected chi connectivity index (χ3v) is 5.98. The molecule has 0 fully saturated rings.